The third-order valence-corrected chi connectivity index (χ3v) is 4.01. The number of halogens is 3. The highest BCUT2D eigenvalue weighted by Gasteiger charge is 2.48. The minimum atomic E-state index is -5.13. The van der Waals surface area contributed by atoms with Crippen LogP contribution in [0, 0.1) is 23.7 Å². The summed E-state index contributed by atoms with van der Waals surface area (Å²) in [7, 11) is 0. The highest BCUT2D eigenvalue weighted by Crippen LogP contribution is 2.23. The van der Waals surface area contributed by atoms with Crippen molar-refractivity contribution in [3.63, 3.8) is 0 Å². The molecule has 0 radical (unpaired) electrons. The van der Waals surface area contributed by atoms with Crippen molar-refractivity contribution in [2.24, 2.45) is 0 Å². The first kappa shape index (κ1) is 24.3. The number of alkyl halides is 3. The lowest BCUT2D eigenvalue weighted by molar-refractivity contribution is -0.215. The smallest absolute Gasteiger partial charge is 0.416 e. The molecule has 0 bridgehead atoms. The summed E-state index contributed by atoms with van der Waals surface area (Å²) < 4.78 is 43.0. The monoisotopic (exact) mass is 444 g/mol. The molecular weight excluding hydrogens is 425 g/mol. The second kappa shape index (κ2) is 10.9. The molecule has 0 aliphatic carbocycles. The van der Waals surface area contributed by atoms with Crippen LogP contribution >= 0.6 is 0 Å². The number of nitrogens with two attached hydrogens (primary N) is 1. The number of benzene rings is 2. The van der Waals surface area contributed by atoms with Crippen molar-refractivity contribution in [2.75, 3.05) is 12.3 Å². The zero-order valence-electron chi connectivity index (χ0n) is 16.9. The van der Waals surface area contributed by atoms with Crippen LogP contribution in [0.25, 0.3) is 0 Å². The molecule has 0 unspecified atom stereocenters. The van der Waals surface area contributed by atoms with Crippen LogP contribution < -0.4 is 11.1 Å². The summed E-state index contributed by atoms with van der Waals surface area (Å²) in [6.07, 6.45) is -8.24. The molecule has 32 heavy (non-hydrogen) atoms. The van der Waals surface area contributed by atoms with E-state index in [0.717, 1.165) is 5.56 Å². The first-order valence-electron chi connectivity index (χ1n) is 9.31. The van der Waals surface area contributed by atoms with Crippen molar-refractivity contribution in [3.05, 3.63) is 65.2 Å². The van der Waals surface area contributed by atoms with Gasteiger partial charge < -0.3 is 20.9 Å². The zero-order valence-corrected chi connectivity index (χ0v) is 16.9. The Morgan fingerprint density at radius 2 is 1.53 bits per heavy atom. The van der Waals surface area contributed by atoms with E-state index in [2.05, 4.69) is 28.4 Å². The molecule has 2 aromatic rings. The van der Waals surface area contributed by atoms with E-state index in [1.165, 1.54) is 31.2 Å². The highest BCUT2D eigenvalue weighted by atomic mass is 19.4. The molecule has 166 valence electrons. The molecule has 6 nitrogen and oxygen atoms in total. The van der Waals surface area contributed by atoms with Crippen molar-refractivity contribution in [3.8, 4) is 23.7 Å². The molecule has 0 fully saturated rings. The van der Waals surface area contributed by atoms with Crippen LogP contribution in [0.1, 0.15) is 28.4 Å². The summed E-state index contributed by atoms with van der Waals surface area (Å²) in [5.74, 6) is 8.52. The molecule has 9 heteroatoms. The summed E-state index contributed by atoms with van der Waals surface area (Å²) in [6, 6.07) is 10.2. The highest BCUT2D eigenvalue weighted by molar-refractivity contribution is 5.97. The maximum absolute atomic E-state index is 12.8. The van der Waals surface area contributed by atoms with Crippen LogP contribution in [0.2, 0.25) is 0 Å². The number of ether oxygens (including phenoxy) is 1. The minimum Gasteiger partial charge on any atom is -0.464 e. The number of hydrogen-bond donors (Lipinski definition) is 3. The number of amides is 1. The first-order valence-corrected chi connectivity index (χ1v) is 9.31. The lowest BCUT2D eigenvalue weighted by Gasteiger charge is -2.24. The fraction of sp³-hybridized carbons (Fsp3) is 0.217. The van der Waals surface area contributed by atoms with Crippen LogP contribution in [0.5, 0.6) is 0 Å². The third-order valence-electron chi connectivity index (χ3n) is 4.01. The molecule has 0 saturated carbocycles. The number of esters is 1. The third kappa shape index (κ3) is 7.08. The van der Waals surface area contributed by atoms with Gasteiger partial charge in [-0.05, 0) is 67.3 Å². The Hall–Kier alpha value is -3.95. The van der Waals surface area contributed by atoms with Gasteiger partial charge in [-0.2, -0.15) is 13.2 Å². The summed E-state index contributed by atoms with van der Waals surface area (Å²) in [6.45, 7) is 1.17. The van der Waals surface area contributed by atoms with E-state index in [4.69, 9.17) is 5.73 Å². The first-order chi connectivity index (χ1) is 15.1. The van der Waals surface area contributed by atoms with Gasteiger partial charge in [-0.1, -0.05) is 11.8 Å². The Bertz CT molecular complexity index is 1070. The van der Waals surface area contributed by atoms with Gasteiger partial charge in [-0.15, -0.1) is 0 Å². The van der Waals surface area contributed by atoms with E-state index in [9.17, 15) is 27.9 Å². The van der Waals surface area contributed by atoms with Gasteiger partial charge in [0.1, 0.15) is 0 Å². The van der Waals surface area contributed by atoms with Gasteiger partial charge in [0.15, 0.2) is 12.1 Å². The molecule has 2 aromatic carbocycles. The fourth-order valence-corrected chi connectivity index (χ4v) is 2.39. The van der Waals surface area contributed by atoms with Gasteiger partial charge in [-0.3, -0.25) is 4.79 Å². The van der Waals surface area contributed by atoms with Crippen molar-refractivity contribution in [2.45, 2.75) is 25.2 Å². The van der Waals surface area contributed by atoms with Crippen LogP contribution in [-0.2, 0) is 9.53 Å². The van der Waals surface area contributed by atoms with Gasteiger partial charge >= 0.3 is 12.1 Å². The second-order valence-electron chi connectivity index (χ2n) is 6.39. The molecule has 2 rings (SSSR count). The van der Waals surface area contributed by atoms with E-state index < -0.39 is 30.2 Å². The largest absolute Gasteiger partial charge is 0.464 e. The molecule has 0 aliphatic rings. The van der Waals surface area contributed by atoms with Crippen LogP contribution in [0.15, 0.2) is 48.5 Å². The van der Waals surface area contributed by atoms with E-state index >= 15 is 0 Å². The van der Waals surface area contributed by atoms with Crippen LogP contribution in [0.3, 0.4) is 0 Å². The van der Waals surface area contributed by atoms with Gasteiger partial charge in [0, 0.05) is 22.4 Å². The maximum atomic E-state index is 12.8. The molecule has 1 amide bonds. The lowest BCUT2D eigenvalue weighted by atomic mass is 10.1. The Morgan fingerprint density at radius 1 is 1.03 bits per heavy atom. The molecule has 0 aromatic heterocycles. The second-order valence-corrected chi connectivity index (χ2v) is 6.39. The van der Waals surface area contributed by atoms with E-state index in [1.807, 2.05) is 5.32 Å². The Morgan fingerprint density at radius 3 is 2.00 bits per heavy atom. The molecule has 4 N–H and O–H groups in total. The van der Waals surface area contributed by atoms with Crippen molar-refractivity contribution in [1.29, 1.82) is 0 Å². The van der Waals surface area contributed by atoms with Crippen LogP contribution in [0.4, 0.5) is 18.9 Å². The summed E-state index contributed by atoms with van der Waals surface area (Å²) in [5.41, 5.74) is 7.41. The van der Waals surface area contributed by atoms with E-state index in [-0.39, 0.29) is 12.2 Å². The average molecular weight is 444 g/mol. The lowest BCUT2D eigenvalue weighted by Crippen LogP contribution is -2.54. The minimum absolute atomic E-state index is 0.0350. The molecule has 2 atom stereocenters. The van der Waals surface area contributed by atoms with Gasteiger partial charge in [0.05, 0.1) is 6.61 Å². The SMILES string of the molecule is CCOC(=O)[C@@H](NC(=O)c1ccc(C#CC#Cc2ccc(N)cc2)cc1)[C@H](O)C(F)(F)F. The average Bonchev–Trinajstić information content (AvgIpc) is 2.75. The molecule has 0 heterocycles. The fourth-order valence-electron chi connectivity index (χ4n) is 2.39. The number of nitrogen functional groups attached to an aromatic ring is 1. The molecule has 0 saturated heterocycles. The summed E-state index contributed by atoms with van der Waals surface area (Å²) in [5, 5.41) is 11.3. The number of nitrogens with one attached hydrogen (secondary N) is 1. The maximum Gasteiger partial charge on any atom is 0.416 e. The number of carbonyl (C=O) groups is 2. The number of rotatable bonds is 5. The van der Waals surface area contributed by atoms with Crippen molar-refractivity contribution >= 4 is 17.6 Å². The number of hydrogen-bond acceptors (Lipinski definition) is 5. The van der Waals surface area contributed by atoms with E-state index in [1.54, 1.807) is 24.3 Å². The Kier molecular flexibility index (Phi) is 8.28. The van der Waals surface area contributed by atoms with E-state index in [0.29, 0.717) is 11.3 Å². The van der Waals surface area contributed by atoms with Crippen molar-refractivity contribution < 1.29 is 32.6 Å². The zero-order chi connectivity index (χ0) is 23.7. The standard InChI is InChI=1S/C23H19F3N2O4/c1-2-32-22(31)19(20(29)23(24,25)26)28-21(30)17-11-7-15(8-12-17)5-3-4-6-16-9-13-18(27)14-10-16/h7-14,19-20,29H,2,27H2,1H3,(H,28,30)/t19-,20-/m0/s1. The Labute approximate surface area is 182 Å². The van der Waals surface area contributed by atoms with Gasteiger partial charge in [0.25, 0.3) is 5.91 Å². The number of anilines is 1. The molecule has 0 aliphatic heterocycles. The van der Waals surface area contributed by atoms with Gasteiger partial charge in [0.2, 0.25) is 0 Å². The van der Waals surface area contributed by atoms with Crippen LogP contribution in [-0.4, -0.2) is 41.9 Å². The predicted molar refractivity (Wildman–Crippen MR) is 111 cm³/mol. The van der Waals surface area contributed by atoms with Gasteiger partial charge in [-0.25, -0.2) is 4.79 Å². The van der Waals surface area contributed by atoms with Crippen molar-refractivity contribution in [1.82, 2.24) is 5.32 Å². The predicted octanol–water partition coefficient (Wildman–Crippen LogP) is 2.26. The summed E-state index contributed by atoms with van der Waals surface area (Å²) in [4.78, 5) is 24.1. The molecular formula is C23H19F3N2O4. The molecule has 0 spiro atoms. The number of aliphatic hydroxyl groups is 1. The number of carbonyl (C=O) groups excluding carboxylic acids is 2. The Balaban J connectivity index is 2.09. The number of aliphatic hydroxyl groups excluding tert-OH is 1. The quantitative estimate of drug-likeness (QED) is 0.373. The summed E-state index contributed by atoms with van der Waals surface area (Å²) >= 11 is 0. The normalized spacial score (nSPS) is 12.3. The topological polar surface area (TPSA) is 102 Å².